The SMILES string of the molecule is Cc1occc1C(=O)N(C)C(Cc1ccccc1)C1CCN(C(=O)C2=NNC(=O)CC2)CC1. The maximum atomic E-state index is 13.3. The predicted octanol–water partition coefficient (Wildman–Crippen LogP) is 2.78. The molecule has 1 saturated heterocycles. The second-order valence-corrected chi connectivity index (χ2v) is 8.79. The Labute approximate surface area is 193 Å². The lowest BCUT2D eigenvalue weighted by Crippen LogP contribution is -2.50. The standard InChI is InChI=1S/C25H30N4O4/c1-17-20(12-15-33-17)24(31)28(2)22(16-18-6-4-3-5-7-18)19-10-13-29(14-11-19)25(32)21-8-9-23(30)27-26-21/h3-7,12,15,19,22H,8-11,13-14,16H2,1-2H3,(H,27,30). The van der Waals surface area contributed by atoms with Gasteiger partial charge in [-0.25, -0.2) is 5.43 Å². The minimum atomic E-state index is -0.158. The highest BCUT2D eigenvalue weighted by Crippen LogP contribution is 2.28. The van der Waals surface area contributed by atoms with Crippen LogP contribution in [0.2, 0.25) is 0 Å². The van der Waals surface area contributed by atoms with Crippen molar-refractivity contribution in [2.45, 2.75) is 45.1 Å². The van der Waals surface area contributed by atoms with Crippen LogP contribution in [-0.2, 0) is 16.0 Å². The molecule has 0 radical (unpaired) electrons. The van der Waals surface area contributed by atoms with Crippen molar-refractivity contribution in [2.24, 2.45) is 11.0 Å². The number of piperidine rings is 1. The van der Waals surface area contributed by atoms with Crippen molar-refractivity contribution in [3.8, 4) is 0 Å². The fourth-order valence-corrected chi connectivity index (χ4v) is 4.72. The third-order valence-corrected chi connectivity index (χ3v) is 6.72. The van der Waals surface area contributed by atoms with E-state index < -0.39 is 0 Å². The van der Waals surface area contributed by atoms with Crippen molar-refractivity contribution >= 4 is 23.4 Å². The lowest BCUT2D eigenvalue weighted by Gasteiger charge is -2.40. The molecule has 0 saturated carbocycles. The summed E-state index contributed by atoms with van der Waals surface area (Å²) in [5, 5.41) is 3.95. The van der Waals surface area contributed by atoms with Gasteiger partial charge in [0.2, 0.25) is 5.91 Å². The summed E-state index contributed by atoms with van der Waals surface area (Å²) in [5.41, 5.74) is 4.58. The molecule has 4 rings (SSSR count). The van der Waals surface area contributed by atoms with Gasteiger partial charge in [-0.15, -0.1) is 0 Å². The van der Waals surface area contributed by atoms with Crippen molar-refractivity contribution in [3.05, 3.63) is 59.5 Å². The third-order valence-electron chi connectivity index (χ3n) is 6.72. The molecule has 2 aromatic rings. The number of hydrazone groups is 1. The van der Waals surface area contributed by atoms with Crippen molar-refractivity contribution in [3.63, 3.8) is 0 Å². The number of nitrogens with zero attached hydrogens (tertiary/aromatic N) is 3. The molecule has 8 heteroatoms. The number of hydrogen-bond acceptors (Lipinski definition) is 5. The largest absolute Gasteiger partial charge is 0.469 e. The molecule has 1 unspecified atom stereocenters. The Morgan fingerprint density at radius 1 is 1.18 bits per heavy atom. The molecule has 0 bridgehead atoms. The molecule has 3 amide bonds. The van der Waals surface area contributed by atoms with Gasteiger partial charge in [-0.2, -0.15) is 5.10 Å². The van der Waals surface area contributed by atoms with Crippen LogP contribution >= 0.6 is 0 Å². The number of carbonyl (C=O) groups is 3. The van der Waals surface area contributed by atoms with Crippen LogP contribution in [-0.4, -0.2) is 59.4 Å². The van der Waals surface area contributed by atoms with Crippen LogP contribution in [0.15, 0.2) is 52.2 Å². The summed E-state index contributed by atoms with van der Waals surface area (Å²) < 4.78 is 5.35. The number of likely N-dealkylation sites (N-methyl/N-ethyl adjacent to an activating group) is 1. The van der Waals surface area contributed by atoms with Crippen molar-refractivity contribution in [2.75, 3.05) is 20.1 Å². The summed E-state index contributed by atoms with van der Waals surface area (Å²) in [5.74, 6) is 0.559. The maximum Gasteiger partial charge on any atom is 0.270 e. The van der Waals surface area contributed by atoms with Crippen LogP contribution in [0.25, 0.3) is 0 Å². The predicted molar refractivity (Wildman–Crippen MR) is 124 cm³/mol. The molecule has 1 atom stereocenters. The number of likely N-dealkylation sites (tertiary alicyclic amines) is 1. The second kappa shape index (κ2) is 10.0. The van der Waals surface area contributed by atoms with Gasteiger partial charge in [0.15, 0.2) is 0 Å². The number of amides is 3. The molecule has 0 aliphatic carbocycles. The van der Waals surface area contributed by atoms with Crippen LogP contribution in [0.4, 0.5) is 0 Å². The van der Waals surface area contributed by atoms with E-state index in [2.05, 4.69) is 22.7 Å². The monoisotopic (exact) mass is 450 g/mol. The molecular weight excluding hydrogens is 420 g/mol. The van der Waals surface area contributed by atoms with E-state index in [1.165, 1.54) is 5.56 Å². The lowest BCUT2D eigenvalue weighted by molar-refractivity contribution is -0.126. The quantitative estimate of drug-likeness (QED) is 0.732. The van der Waals surface area contributed by atoms with Crippen molar-refractivity contribution in [1.82, 2.24) is 15.2 Å². The minimum Gasteiger partial charge on any atom is -0.469 e. The Kier molecular flexibility index (Phi) is 6.91. The lowest BCUT2D eigenvalue weighted by atomic mass is 9.84. The zero-order chi connectivity index (χ0) is 23.4. The average Bonchev–Trinajstić information content (AvgIpc) is 3.28. The molecule has 2 aliphatic rings. The first-order valence-corrected chi connectivity index (χ1v) is 11.4. The fourth-order valence-electron chi connectivity index (χ4n) is 4.72. The Balaban J connectivity index is 1.47. The Hall–Kier alpha value is -3.42. The topological polar surface area (TPSA) is 95.2 Å². The molecule has 1 fully saturated rings. The van der Waals surface area contributed by atoms with Crippen LogP contribution in [0.3, 0.4) is 0 Å². The van der Waals surface area contributed by atoms with E-state index in [0.29, 0.717) is 43.0 Å². The van der Waals surface area contributed by atoms with Gasteiger partial charge in [0.1, 0.15) is 11.5 Å². The van der Waals surface area contributed by atoms with Crippen LogP contribution < -0.4 is 5.43 Å². The number of carbonyl (C=O) groups excluding carboxylic acids is 3. The molecular formula is C25H30N4O4. The van der Waals surface area contributed by atoms with E-state index in [1.807, 2.05) is 35.0 Å². The summed E-state index contributed by atoms with van der Waals surface area (Å²) in [6.45, 7) is 3.01. The smallest absolute Gasteiger partial charge is 0.270 e. The van der Waals surface area contributed by atoms with Gasteiger partial charge in [-0.1, -0.05) is 30.3 Å². The summed E-state index contributed by atoms with van der Waals surface area (Å²) in [4.78, 5) is 41.1. The highest BCUT2D eigenvalue weighted by molar-refractivity contribution is 6.39. The number of rotatable bonds is 6. The Morgan fingerprint density at radius 2 is 1.91 bits per heavy atom. The normalized spacial score (nSPS) is 17.8. The zero-order valence-corrected chi connectivity index (χ0v) is 19.1. The Morgan fingerprint density at radius 3 is 2.52 bits per heavy atom. The number of furan rings is 1. The highest BCUT2D eigenvalue weighted by atomic mass is 16.3. The number of hydrogen-bond donors (Lipinski definition) is 1. The van der Waals surface area contributed by atoms with Gasteiger partial charge in [-0.05, 0) is 43.7 Å². The summed E-state index contributed by atoms with van der Waals surface area (Å²) >= 11 is 0. The average molecular weight is 451 g/mol. The van der Waals surface area contributed by atoms with Crippen molar-refractivity contribution < 1.29 is 18.8 Å². The summed E-state index contributed by atoms with van der Waals surface area (Å²) in [6, 6.07) is 11.9. The van der Waals surface area contributed by atoms with E-state index in [4.69, 9.17) is 4.42 Å². The fraction of sp³-hybridized carbons (Fsp3) is 0.440. The van der Waals surface area contributed by atoms with Crippen LogP contribution in [0, 0.1) is 12.8 Å². The maximum absolute atomic E-state index is 13.3. The molecule has 3 heterocycles. The van der Waals surface area contributed by atoms with E-state index in [-0.39, 0.29) is 29.7 Å². The van der Waals surface area contributed by atoms with E-state index in [0.717, 1.165) is 19.3 Å². The summed E-state index contributed by atoms with van der Waals surface area (Å²) in [7, 11) is 1.86. The molecule has 1 aromatic carbocycles. The van der Waals surface area contributed by atoms with Crippen LogP contribution in [0.5, 0.6) is 0 Å². The number of aryl methyl sites for hydroxylation is 1. The number of benzene rings is 1. The second-order valence-electron chi connectivity index (χ2n) is 8.79. The van der Waals surface area contributed by atoms with Gasteiger partial charge < -0.3 is 14.2 Å². The first kappa shape index (κ1) is 22.8. The first-order valence-electron chi connectivity index (χ1n) is 11.4. The van der Waals surface area contributed by atoms with E-state index in [9.17, 15) is 14.4 Å². The van der Waals surface area contributed by atoms with Gasteiger partial charge in [0.05, 0.1) is 11.8 Å². The molecule has 2 aliphatic heterocycles. The molecule has 174 valence electrons. The zero-order valence-electron chi connectivity index (χ0n) is 19.1. The van der Waals surface area contributed by atoms with Crippen LogP contribution in [0.1, 0.15) is 47.4 Å². The van der Waals surface area contributed by atoms with E-state index in [1.54, 1.807) is 19.3 Å². The van der Waals surface area contributed by atoms with Crippen molar-refractivity contribution in [1.29, 1.82) is 0 Å². The van der Waals surface area contributed by atoms with Gasteiger partial charge in [0, 0.05) is 39.0 Å². The number of nitrogens with one attached hydrogen (secondary N) is 1. The Bertz CT molecular complexity index is 1040. The van der Waals surface area contributed by atoms with Gasteiger partial charge in [-0.3, -0.25) is 14.4 Å². The molecule has 1 N–H and O–H groups in total. The molecule has 0 spiro atoms. The molecule has 1 aromatic heterocycles. The van der Waals surface area contributed by atoms with E-state index >= 15 is 0 Å². The third kappa shape index (κ3) is 5.16. The summed E-state index contributed by atoms with van der Waals surface area (Å²) in [6.07, 6.45) is 4.55. The highest BCUT2D eigenvalue weighted by Gasteiger charge is 2.34. The molecule has 33 heavy (non-hydrogen) atoms. The van der Waals surface area contributed by atoms with Gasteiger partial charge in [0.25, 0.3) is 11.8 Å². The first-order chi connectivity index (χ1) is 15.9. The molecule has 8 nitrogen and oxygen atoms in total. The minimum absolute atomic E-state index is 0.00207. The van der Waals surface area contributed by atoms with Gasteiger partial charge >= 0.3 is 0 Å².